The van der Waals surface area contributed by atoms with Crippen LogP contribution in [-0.2, 0) is 11.3 Å². The van der Waals surface area contributed by atoms with Gasteiger partial charge in [-0.3, -0.25) is 4.79 Å². The van der Waals surface area contributed by atoms with E-state index in [1.807, 2.05) is 6.92 Å². The topological polar surface area (TPSA) is 84.1 Å². The molecule has 2 unspecified atom stereocenters. The van der Waals surface area contributed by atoms with Gasteiger partial charge >= 0.3 is 0 Å². The maximum absolute atomic E-state index is 11.9. The zero-order chi connectivity index (χ0) is 11.5. The summed E-state index contributed by atoms with van der Waals surface area (Å²) >= 11 is 0. The zero-order valence-corrected chi connectivity index (χ0v) is 9.15. The van der Waals surface area contributed by atoms with Crippen LogP contribution in [0.2, 0.25) is 0 Å². The molecule has 1 N–H and O–H groups in total. The Bertz CT molecular complexity index is 353. The SMILES string of the molecule is CC1CCN(C(=O)Cn2cnnn2)C1CO. The van der Waals surface area contributed by atoms with Crippen molar-refractivity contribution in [1.82, 2.24) is 25.1 Å². The summed E-state index contributed by atoms with van der Waals surface area (Å²) in [5.41, 5.74) is 0. The molecule has 88 valence electrons. The molecule has 1 aromatic heterocycles. The van der Waals surface area contributed by atoms with E-state index in [-0.39, 0.29) is 25.1 Å². The molecule has 2 heterocycles. The lowest BCUT2D eigenvalue weighted by atomic mass is 10.0. The number of aliphatic hydroxyl groups excluding tert-OH is 1. The van der Waals surface area contributed by atoms with Crippen molar-refractivity contribution in [1.29, 1.82) is 0 Å². The average molecular weight is 225 g/mol. The fraction of sp³-hybridized carbons (Fsp3) is 0.778. The van der Waals surface area contributed by atoms with Gasteiger partial charge in [-0.2, -0.15) is 0 Å². The fourth-order valence-electron chi connectivity index (χ4n) is 2.08. The lowest BCUT2D eigenvalue weighted by molar-refractivity contribution is -0.134. The molecule has 1 aliphatic rings. The van der Waals surface area contributed by atoms with Gasteiger partial charge in [0.2, 0.25) is 5.91 Å². The molecule has 0 aromatic carbocycles. The highest BCUT2D eigenvalue weighted by atomic mass is 16.3. The molecule has 0 saturated carbocycles. The monoisotopic (exact) mass is 225 g/mol. The molecule has 1 aromatic rings. The second-order valence-corrected chi connectivity index (χ2v) is 4.11. The van der Waals surface area contributed by atoms with Crippen molar-refractivity contribution < 1.29 is 9.90 Å². The molecule has 0 aliphatic carbocycles. The summed E-state index contributed by atoms with van der Waals surface area (Å²) in [5, 5.41) is 19.8. The van der Waals surface area contributed by atoms with Gasteiger partial charge in [-0.1, -0.05) is 6.92 Å². The number of aliphatic hydroxyl groups is 1. The van der Waals surface area contributed by atoms with Gasteiger partial charge in [0.05, 0.1) is 12.6 Å². The molecule has 2 atom stereocenters. The lowest BCUT2D eigenvalue weighted by Crippen LogP contribution is -2.41. The third kappa shape index (κ3) is 2.04. The van der Waals surface area contributed by atoms with Crippen molar-refractivity contribution in [2.75, 3.05) is 13.2 Å². The molecule has 1 amide bonds. The van der Waals surface area contributed by atoms with Crippen LogP contribution in [-0.4, -0.2) is 55.3 Å². The van der Waals surface area contributed by atoms with Crippen LogP contribution in [0.1, 0.15) is 13.3 Å². The number of rotatable bonds is 3. The summed E-state index contributed by atoms with van der Waals surface area (Å²) < 4.78 is 1.39. The summed E-state index contributed by atoms with van der Waals surface area (Å²) in [5.74, 6) is 0.304. The van der Waals surface area contributed by atoms with Crippen LogP contribution >= 0.6 is 0 Å². The molecular weight excluding hydrogens is 210 g/mol. The fourth-order valence-corrected chi connectivity index (χ4v) is 2.08. The van der Waals surface area contributed by atoms with Gasteiger partial charge in [0.1, 0.15) is 12.9 Å². The first-order chi connectivity index (χ1) is 7.72. The summed E-state index contributed by atoms with van der Waals surface area (Å²) in [6.07, 6.45) is 2.35. The number of amides is 1. The Morgan fingerprint density at radius 2 is 2.44 bits per heavy atom. The summed E-state index contributed by atoms with van der Waals surface area (Å²) in [4.78, 5) is 13.6. The van der Waals surface area contributed by atoms with Crippen LogP contribution in [0.15, 0.2) is 6.33 Å². The minimum absolute atomic E-state index is 0.0164. The predicted molar refractivity (Wildman–Crippen MR) is 54.2 cm³/mol. The second-order valence-electron chi connectivity index (χ2n) is 4.11. The van der Waals surface area contributed by atoms with Gasteiger partial charge < -0.3 is 10.0 Å². The lowest BCUT2D eigenvalue weighted by Gasteiger charge is -2.24. The van der Waals surface area contributed by atoms with E-state index < -0.39 is 0 Å². The molecular formula is C9H15N5O2. The third-order valence-corrected chi connectivity index (χ3v) is 3.08. The summed E-state index contributed by atoms with van der Waals surface area (Å²) in [6.45, 7) is 2.90. The first-order valence-electron chi connectivity index (χ1n) is 5.33. The van der Waals surface area contributed by atoms with E-state index in [1.165, 1.54) is 11.0 Å². The van der Waals surface area contributed by atoms with Crippen molar-refractivity contribution in [2.45, 2.75) is 25.9 Å². The van der Waals surface area contributed by atoms with Crippen LogP contribution in [0, 0.1) is 5.92 Å². The van der Waals surface area contributed by atoms with Crippen molar-refractivity contribution >= 4 is 5.91 Å². The number of hydrogen-bond donors (Lipinski definition) is 1. The molecule has 1 fully saturated rings. The highest BCUT2D eigenvalue weighted by Crippen LogP contribution is 2.23. The first-order valence-corrected chi connectivity index (χ1v) is 5.33. The molecule has 2 rings (SSSR count). The maximum atomic E-state index is 11.9. The molecule has 1 saturated heterocycles. The van der Waals surface area contributed by atoms with Gasteiger partial charge in [-0.25, -0.2) is 4.68 Å². The van der Waals surface area contributed by atoms with E-state index in [2.05, 4.69) is 15.5 Å². The van der Waals surface area contributed by atoms with Gasteiger partial charge in [0, 0.05) is 6.54 Å². The highest BCUT2D eigenvalue weighted by Gasteiger charge is 2.33. The Morgan fingerprint density at radius 1 is 1.62 bits per heavy atom. The Balaban J connectivity index is 1.99. The van der Waals surface area contributed by atoms with E-state index in [1.54, 1.807) is 4.90 Å². The Kier molecular flexibility index (Phi) is 3.14. The molecule has 7 nitrogen and oxygen atoms in total. The van der Waals surface area contributed by atoms with Crippen LogP contribution in [0.25, 0.3) is 0 Å². The summed E-state index contributed by atoms with van der Waals surface area (Å²) in [7, 11) is 0. The first kappa shape index (κ1) is 11.0. The third-order valence-electron chi connectivity index (χ3n) is 3.08. The van der Waals surface area contributed by atoms with E-state index in [0.717, 1.165) is 6.42 Å². The molecule has 1 aliphatic heterocycles. The quantitative estimate of drug-likeness (QED) is 0.706. The molecule has 7 heteroatoms. The van der Waals surface area contributed by atoms with Gasteiger partial charge in [0.25, 0.3) is 0 Å². The largest absolute Gasteiger partial charge is 0.394 e. The number of hydrogen-bond acceptors (Lipinski definition) is 5. The number of tetrazole rings is 1. The van der Waals surface area contributed by atoms with Gasteiger partial charge in [0.15, 0.2) is 0 Å². The smallest absolute Gasteiger partial charge is 0.244 e. The predicted octanol–water partition coefficient (Wildman–Crippen LogP) is -1.10. The normalized spacial score (nSPS) is 25.0. The van der Waals surface area contributed by atoms with Crippen LogP contribution in [0.3, 0.4) is 0 Å². The standard InChI is InChI=1S/C9H15N5O2/c1-7-2-3-14(8(7)5-15)9(16)4-13-6-10-11-12-13/h6-8,15H,2-5H2,1H3. The van der Waals surface area contributed by atoms with E-state index in [0.29, 0.717) is 12.5 Å². The molecule has 0 spiro atoms. The minimum atomic E-state index is -0.0658. The number of likely N-dealkylation sites (tertiary alicyclic amines) is 1. The van der Waals surface area contributed by atoms with Crippen molar-refractivity contribution in [2.24, 2.45) is 5.92 Å². The van der Waals surface area contributed by atoms with Gasteiger partial charge in [-0.05, 0) is 22.8 Å². The van der Waals surface area contributed by atoms with Crippen LogP contribution in [0.5, 0.6) is 0 Å². The number of carbonyl (C=O) groups excluding carboxylic acids is 1. The van der Waals surface area contributed by atoms with E-state index >= 15 is 0 Å². The molecule has 0 radical (unpaired) electrons. The van der Waals surface area contributed by atoms with E-state index in [9.17, 15) is 9.90 Å². The van der Waals surface area contributed by atoms with E-state index in [4.69, 9.17) is 0 Å². The number of aromatic nitrogens is 4. The summed E-state index contributed by atoms with van der Waals surface area (Å²) in [6, 6.07) is -0.0658. The average Bonchev–Trinajstić information content (AvgIpc) is 2.87. The van der Waals surface area contributed by atoms with Crippen LogP contribution in [0.4, 0.5) is 0 Å². The zero-order valence-electron chi connectivity index (χ0n) is 9.15. The van der Waals surface area contributed by atoms with Crippen molar-refractivity contribution in [3.8, 4) is 0 Å². The van der Waals surface area contributed by atoms with Crippen molar-refractivity contribution in [3.63, 3.8) is 0 Å². The minimum Gasteiger partial charge on any atom is -0.394 e. The Morgan fingerprint density at radius 3 is 3.06 bits per heavy atom. The number of nitrogens with zero attached hydrogens (tertiary/aromatic N) is 5. The Hall–Kier alpha value is -1.50. The highest BCUT2D eigenvalue weighted by molar-refractivity contribution is 5.76. The van der Waals surface area contributed by atoms with Crippen LogP contribution < -0.4 is 0 Å². The molecule has 0 bridgehead atoms. The van der Waals surface area contributed by atoms with Gasteiger partial charge in [-0.15, -0.1) is 5.10 Å². The maximum Gasteiger partial charge on any atom is 0.244 e. The van der Waals surface area contributed by atoms with Crippen molar-refractivity contribution in [3.05, 3.63) is 6.33 Å². The Labute approximate surface area is 93.0 Å². The molecule has 16 heavy (non-hydrogen) atoms. The second kappa shape index (κ2) is 4.56. The number of carbonyl (C=O) groups is 1.